The Hall–Kier alpha value is -1.32. The zero-order chi connectivity index (χ0) is 15.0. The van der Waals surface area contributed by atoms with Crippen molar-refractivity contribution in [1.29, 1.82) is 0 Å². The molecule has 0 amide bonds. The van der Waals surface area contributed by atoms with Gasteiger partial charge in [0.2, 0.25) is 0 Å². The van der Waals surface area contributed by atoms with Crippen LogP contribution in [0.1, 0.15) is 25.0 Å². The molecule has 112 valence electrons. The molecule has 0 atom stereocenters. The third kappa shape index (κ3) is 5.35. The molecule has 0 unspecified atom stereocenters. The molecule has 0 bridgehead atoms. The Morgan fingerprint density at radius 1 is 1.30 bits per heavy atom. The van der Waals surface area contributed by atoms with Gasteiger partial charge in [0.25, 0.3) is 0 Å². The van der Waals surface area contributed by atoms with Gasteiger partial charge in [0, 0.05) is 20.2 Å². The summed E-state index contributed by atoms with van der Waals surface area (Å²) >= 11 is 0. The van der Waals surface area contributed by atoms with E-state index in [1.807, 2.05) is 6.07 Å². The summed E-state index contributed by atoms with van der Waals surface area (Å²) < 4.78 is 10.3. The largest absolute Gasteiger partial charge is 0.496 e. The first-order chi connectivity index (χ1) is 9.58. The van der Waals surface area contributed by atoms with E-state index in [0.29, 0.717) is 5.92 Å². The van der Waals surface area contributed by atoms with Crippen molar-refractivity contribution in [3.05, 3.63) is 34.9 Å². The number of hydrogen-bond acceptors (Lipinski definition) is 3. The van der Waals surface area contributed by atoms with E-state index in [-0.39, 0.29) is 0 Å². The van der Waals surface area contributed by atoms with Gasteiger partial charge in [-0.3, -0.25) is 0 Å². The lowest BCUT2D eigenvalue weighted by molar-refractivity contribution is 0.200. The molecule has 3 heteroatoms. The molecule has 20 heavy (non-hydrogen) atoms. The molecule has 0 fully saturated rings. The smallest absolute Gasteiger partial charge is 0.121 e. The predicted molar refractivity (Wildman–Crippen MR) is 85.3 cm³/mol. The van der Waals surface area contributed by atoms with E-state index in [1.54, 1.807) is 14.2 Å². The van der Waals surface area contributed by atoms with Gasteiger partial charge < -0.3 is 14.8 Å². The summed E-state index contributed by atoms with van der Waals surface area (Å²) in [6, 6.07) is 6.29. The van der Waals surface area contributed by atoms with Crippen LogP contribution >= 0.6 is 0 Å². The van der Waals surface area contributed by atoms with E-state index < -0.39 is 0 Å². The van der Waals surface area contributed by atoms with Gasteiger partial charge in [-0.25, -0.2) is 0 Å². The first-order valence-corrected chi connectivity index (χ1v) is 7.13. The molecule has 0 saturated carbocycles. The number of nitrogens with one attached hydrogen (secondary N) is 1. The maximum atomic E-state index is 5.30. The topological polar surface area (TPSA) is 30.5 Å². The summed E-state index contributed by atoms with van der Waals surface area (Å²) in [7, 11) is 3.43. The van der Waals surface area contributed by atoms with Crippen LogP contribution in [-0.2, 0) is 4.74 Å². The predicted octanol–water partition coefficient (Wildman–Crippen LogP) is 3.28. The molecule has 0 aliphatic carbocycles. The summed E-state index contributed by atoms with van der Waals surface area (Å²) in [5, 5.41) is 3.41. The molecule has 0 aromatic heterocycles. The van der Waals surface area contributed by atoms with Gasteiger partial charge in [0.1, 0.15) is 5.75 Å². The van der Waals surface area contributed by atoms with Crippen molar-refractivity contribution in [3.8, 4) is 5.75 Å². The Labute approximate surface area is 123 Å². The number of aryl methyl sites for hydroxylation is 1. The van der Waals surface area contributed by atoms with Crippen molar-refractivity contribution in [3.63, 3.8) is 0 Å². The van der Waals surface area contributed by atoms with E-state index in [1.165, 1.54) is 11.1 Å². The Bertz CT molecular complexity index is 439. The van der Waals surface area contributed by atoms with Crippen molar-refractivity contribution in [2.24, 2.45) is 5.92 Å². The van der Waals surface area contributed by atoms with Crippen LogP contribution < -0.4 is 10.1 Å². The maximum Gasteiger partial charge on any atom is 0.121 e. The highest BCUT2D eigenvalue weighted by Crippen LogP contribution is 2.21. The molecule has 0 saturated heterocycles. The second kappa shape index (κ2) is 8.77. The van der Waals surface area contributed by atoms with Gasteiger partial charge in [-0.1, -0.05) is 31.6 Å². The third-order valence-corrected chi connectivity index (χ3v) is 3.32. The molecule has 0 spiro atoms. The quantitative estimate of drug-likeness (QED) is 0.740. The highest BCUT2D eigenvalue weighted by molar-refractivity contribution is 5.56. The Morgan fingerprint density at radius 2 is 2.05 bits per heavy atom. The van der Waals surface area contributed by atoms with E-state index >= 15 is 0 Å². The molecule has 0 radical (unpaired) electrons. The molecule has 3 nitrogen and oxygen atoms in total. The molecule has 0 aliphatic heterocycles. The normalized spacial score (nSPS) is 12.0. The fourth-order valence-electron chi connectivity index (χ4n) is 2.03. The van der Waals surface area contributed by atoms with Crippen LogP contribution in [0, 0.1) is 12.8 Å². The molecule has 0 heterocycles. The van der Waals surface area contributed by atoms with Crippen LogP contribution in [0.5, 0.6) is 5.75 Å². The van der Waals surface area contributed by atoms with E-state index in [9.17, 15) is 0 Å². The zero-order valence-corrected chi connectivity index (χ0v) is 13.3. The van der Waals surface area contributed by atoms with Crippen LogP contribution in [0.3, 0.4) is 0 Å². The summed E-state index contributed by atoms with van der Waals surface area (Å²) in [6.07, 6.45) is 2.26. The lowest BCUT2D eigenvalue weighted by Gasteiger charge is -2.13. The second-order valence-electron chi connectivity index (χ2n) is 5.27. The highest BCUT2D eigenvalue weighted by atomic mass is 16.5. The van der Waals surface area contributed by atoms with Crippen LogP contribution in [0.25, 0.3) is 6.08 Å². The Balaban J connectivity index is 2.77. The van der Waals surface area contributed by atoms with Gasteiger partial charge >= 0.3 is 0 Å². The molecule has 1 aromatic rings. The number of benzene rings is 1. The van der Waals surface area contributed by atoms with Crippen LogP contribution in [0.4, 0.5) is 0 Å². The minimum atomic E-state index is 0.521. The first-order valence-electron chi connectivity index (χ1n) is 7.13. The number of hydrogen-bond donors (Lipinski definition) is 1. The van der Waals surface area contributed by atoms with E-state index in [0.717, 1.165) is 31.0 Å². The SMILES string of the molecule is COCCNCC(=Cc1ccc(OC)c(C)c1)C(C)C. The van der Waals surface area contributed by atoms with Gasteiger partial charge in [0.15, 0.2) is 0 Å². The molecule has 1 rings (SSSR count). The molecular formula is C17H27NO2. The molecule has 1 N–H and O–H groups in total. The van der Waals surface area contributed by atoms with E-state index in [4.69, 9.17) is 9.47 Å². The number of rotatable bonds is 8. The van der Waals surface area contributed by atoms with Crippen molar-refractivity contribution in [2.75, 3.05) is 33.9 Å². The van der Waals surface area contributed by atoms with Crippen molar-refractivity contribution in [2.45, 2.75) is 20.8 Å². The minimum absolute atomic E-state index is 0.521. The monoisotopic (exact) mass is 277 g/mol. The number of ether oxygens (including phenoxy) is 2. The standard InChI is InChI=1S/C17H27NO2/c1-13(2)16(12-18-8-9-19-4)11-15-6-7-17(20-5)14(3)10-15/h6-7,10-11,13,18H,8-9,12H2,1-5H3. The number of methoxy groups -OCH3 is 2. The summed E-state index contributed by atoms with van der Waals surface area (Å²) in [6.45, 7) is 9.03. The Kier molecular flexibility index (Phi) is 7.34. The third-order valence-electron chi connectivity index (χ3n) is 3.32. The second-order valence-corrected chi connectivity index (χ2v) is 5.27. The van der Waals surface area contributed by atoms with Gasteiger partial charge in [-0.2, -0.15) is 0 Å². The zero-order valence-electron chi connectivity index (χ0n) is 13.3. The van der Waals surface area contributed by atoms with Crippen molar-refractivity contribution in [1.82, 2.24) is 5.32 Å². The average Bonchev–Trinajstić information content (AvgIpc) is 2.42. The molecular weight excluding hydrogens is 250 g/mol. The average molecular weight is 277 g/mol. The Morgan fingerprint density at radius 3 is 2.60 bits per heavy atom. The summed E-state index contributed by atoms with van der Waals surface area (Å²) in [4.78, 5) is 0. The van der Waals surface area contributed by atoms with E-state index in [2.05, 4.69) is 44.3 Å². The van der Waals surface area contributed by atoms with Gasteiger partial charge in [-0.15, -0.1) is 0 Å². The highest BCUT2D eigenvalue weighted by Gasteiger charge is 2.04. The van der Waals surface area contributed by atoms with Crippen LogP contribution in [-0.4, -0.2) is 33.9 Å². The van der Waals surface area contributed by atoms with Gasteiger partial charge in [-0.05, 0) is 36.1 Å². The van der Waals surface area contributed by atoms with Crippen molar-refractivity contribution >= 4 is 6.08 Å². The first kappa shape index (κ1) is 16.7. The fourth-order valence-corrected chi connectivity index (χ4v) is 2.03. The molecule has 0 aliphatic rings. The minimum Gasteiger partial charge on any atom is -0.496 e. The molecule has 1 aromatic carbocycles. The summed E-state index contributed by atoms with van der Waals surface area (Å²) in [5.41, 5.74) is 3.78. The fraction of sp³-hybridized carbons (Fsp3) is 0.529. The lowest BCUT2D eigenvalue weighted by atomic mass is 9.99. The van der Waals surface area contributed by atoms with Crippen LogP contribution in [0.15, 0.2) is 23.8 Å². The van der Waals surface area contributed by atoms with Crippen LogP contribution in [0.2, 0.25) is 0 Å². The summed E-state index contributed by atoms with van der Waals surface area (Å²) in [5.74, 6) is 1.46. The maximum absolute atomic E-state index is 5.30. The lowest BCUT2D eigenvalue weighted by Crippen LogP contribution is -2.23. The van der Waals surface area contributed by atoms with Gasteiger partial charge in [0.05, 0.1) is 13.7 Å². The van der Waals surface area contributed by atoms with Crippen molar-refractivity contribution < 1.29 is 9.47 Å².